The maximum Gasteiger partial charge on any atom is 0.303 e. The van der Waals surface area contributed by atoms with E-state index in [0.29, 0.717) is 40.1 Å². The van der Waals surface area contributed by atoms with Crippen molar-refractivity contribution in [2.45, 2.75) is 30.7 Å². The monoisotopic (exact) mass is 527 g/mol. The molecule has 36 heavy (non-hydrogen) atoms. The quantitative estimate of drug-likeness (QED) is 0.259. The third kappa shape index (κ3) is 6.75. The number of aliphatic carboxylic acids is 1. The summed E-state index contributed by atoms with van der Waals surface area (Å²) in [7, 11) is 1.58. The summed E-state index contributed by atoms with van der Waals surface area (Å²) in [6.07, 6.45) is 5.23. The van der Waals surface area contributed by atoms with Crippen LogP contribution in [0.15, 0.2) is 53.8 Å². The molecule has 1 aliphatic heterocycles. The fourth-order valence-corrected chi connectivity index (χ4v) is 6.03. The first kappa shape index (κ1) is 26.4. The first-order valence-electron chi connectivity index (χ1n) is 12.1. The van der Waals surface area contributed by atoms with Crippen molar-refractivity contribution in [2.24, 2.45) is 11.8 Å². The summed E-state index contributed by atoms with van der Waals surface area (Å²) in [6, 6.07) is 11.3. The van der Waals surface area contributed by atoms with E-state index in [2.05, 4.69) is 14.9 Å². The van der Waals surface area contributed by atoms with E-state index in [1.165, 1.54) is 6.20 Å². The van der Waals surface area contributed by atoms with E-state index >= 15 is 0 Å². The lowest BCUT2D eigenvalue weighted by Gasteiger charge is -2.38. The number of fused-ring (bicyclic) bond motifs is 1. The molecular formula is C27H30ClN3O4S. The van der Waals surface area contributed by atoms with Gasteiger partial charge in [0.25, 0.3) is 0 Å². The molecule has 1 N–H and O–H groups in total. The summed E-state index contributed by atoms with van der Waals surface area (Å²) in [5.74, 6) is 0.868. The van der Waals surface area contributed by atoms with E-state index in [1.807, 2.05) is 24.3 Å². The number of rotatable bonds is 11. The third-order valence-electron chi connectivity index (χ3n) is 6.76. The maximum atomic E-state index is 13.3. The van der Waals surface area contributed by atoms with E-state index in [9.17, 15) is 14.7 Å². The second-order valence-corrected chi connectivity index (χ2v) is 10.6. The molecule has 4 rings (SSSR count). The van der Waals surface area contributed by atoms with Crippen molar-refractivity contribution in [3.05, 3.63) is 59.4 Å². The number of benzene rings is 1. The number of likely N-dealkylation sites (tertiary alicyclic amines) is 1. The Labute approximate surface area is 220 Å². The first-order valence-corrected chi connectivity index (χ1v) is 13.4. The number of nitrogens with zero attached hydrogens (tertiary/aromatic N) is 3. The second kappa shape index (κ2) is 12.5. The predicted octanol–water partition coefficient (Wildman–Crippen LogP) is 5.46. The lowest BCUT2D eigenvalue weighted by atomic mass is 9.79. The normalized spacial score (nSPS) is 18.3. The number of carbonyl (C=O) groups is 2. The van der Waals surface area contributed by atoms with Crippen LogP contribution in [0.25, 0.3) is 10.9 Å². The van der Waals surface area contributed by atoms with Gasteiger partial charge in [-0.15, -0.1) is 11.8 Å². The fraction of sp³-hybridized carbons (Fsp3) is 0.407. The lowest BCUT2D eigenvalue weighted by Crippen LogP contribution is -2.42. The number of carboxylic acid groups (broad SMARTS) is 1. The summed E-state index contributed by atoms with van der Waals surface area (Å²) in [4.78, 5) is 35.9. The summed E-state index contributed by atoms with van der Waals surface area (Å²) in [5, 5.41) is 11.5. The van der Waals surface area contributed by atoms with Gasteiger partial charge in [-0.3, -0.25) is 14.6 Å². The van der Waals surface area contributed by atoms with Crippen molar-refractivity contribution in [1.82, 2.24) is 14.9 Å². The van der Waals surface area contributed by atoms with Crippen molar-refractivity contribution in [3.63, 3.8) is 0 Å². The molecule has 2 atom stereocenters. The highest BCUT2D eigenvalue weighted by Gasteiger charge is 2.31. The minimum atomic E-state index is -0.795. The van der Waals surface area contributed by atoms with Crippen LogP contribution in [0.3, 0.4) is 0 Å². The summed E-state index contributed by atoms with van der Waals surface area (Å²) in [5.41, 5.74) is 1.14. The Balaban J connectivity index is 1.38. The minimum Gasteiger partial charge on any atom is -0.497 e. The molecule has 0 bridgehead atoms. The van der Waals surface area contributed by atoms with Crippen molar-refractivity contribution >= 4 is 46.0 Å². The predicted molar refractivity (Wildman–Crippen MR) is 142 cm³/mol. The summed E-state index contributed by atoms with van der Waals surface area (Å²) >= 11 is 8.12. The average Bonchev–Trinajstić information content (AvgIpc) is 2.88. The fourth-order valence-electron chi connectivity index (χ4n) is 4.91. The molecule has 9 heteroatoms. The van der Waals surface area contributed by atoms with E-state index in [-0.39, 0.29) is 24.0 Å². The van der Waals surface area contributed by atoms with Crippen LogP contribution in [-0.2, 0) is 4.79 Å². The number of carboxylic acids is 1. The van der Waals surface area contributed by atoms with Crippen LogP contribution >= 0.6 is 23.4 Å². The largest absolute Gasteiger partial charge is 0.497 e. The van der Waals surface area contributed by atoms with Crippen molar-refractivity contribution in [2.75, 3.05) is 32.5 Å². The Morgan fingerprint density at radius 1 is 1.22 bits per heavy atom. The van der Waals surface area contributed by atoms with Gasteiger partial charge < -0.3 is 14.7 Å². The Morgan fingerprint density at radius 3 is 2.83 bits per heavy atom. The molecule has 190 valence electrons. The highest BCUT2D eigenvalue weighted by Crippen LogP contribution is 2.33. The van der Waals surface area contributed by atoms with Gasteiger partial charge >= 0.3 is 5.97 Å². The Morgan fingerprint density at radius 2 is 2.08 bits per heavy atom. The Bertz CT molecular complexity index is 1210. The number of ether oxygens (including phenoxy) is 1. The van der Waals surface area contributed by atoms with Gasteiger partial charge in [-0.1, -0.05) is 17.7 Å². The number of hydrogen-bond donors (Lipinski definition) is 1. The van der Waals surface area contributed by atoms with Crippen molar-refractivity contribution in [3.8, 4) is 5.75 Å². The first-order chi connectivity index (χ1) is 17.4. The molecule has 0 spiro atoms. The van der Waals surface area contributed by atoms with Crippen LogP contribution in [0.1, 0.15) is 36.0 Å². The molecule has 0 unspecified atom stereocenters. The van der Waals surface area contributed by atoms with Crippen LogP contribution in [-0.4, -0.2) is 64.2 Å². The third-order valence-corrected chi connectivity index (χ3v) is 7.97. The van der Waals surface area contributed by atoms with E-state index in [4.69, 9.17) is 16.3 Å². The number of halogens is 1. The van der Waals surface area contributed by atoms with Gasteiger partial charge in [0.2, 0.25) is 0 Å². The minimum absolute atomic E-state index is 0.00801. The van der Waals surface area contributed by atoms with E-state index in [1.54, 1.807) is 37.2 Å². The summed E-state index contributed by atoms with van der Waals surface area (Å²) in [6.45, 7) is 2.50. The van der Waals surface area contributed by atoms with Crippen LogP contribution in [0.2, 0.25) is 5.02 Å². The zero-order valence-corrected chi connectivity index (χ0v) is 21.8. The number of thioether (sulfide) groups is 1. The van der Waals surface area contributed by atoms with Gasteiger partial charge in [0, 0.05) is 55.0 Å². The van der Waals surface area contributed by atoms with Gasteiger partial charge in [-0.2, -0.15) is 0 Å². The average molecular weight is 528 g/mol. The van der Waals surface area contributed by atoms with Gasteiger partial charge in [0.1, 0.15) is 5.75 Å². The van der Waals surface area contributed by atoms with Crippen molar-refractivity contribution < 1.29 is 19.4 Å². The molecule has 2 aromatic heterocycles. The van der Waals surface area contributed by atoms with E-state index in [0.717, 1.165) is 36.8 Å². The van der Waals surface area contributed by atoms with Gasteiger partial charge in [0.15, 0.2) is 5.78 Å². The number of methoxy groups -OCH3 is 1. The van der Waals surface area contributed by atoms with Crippen LogP contribution < -0.4 is 4.74 Å². The number of pyridine rings is 2. The molecule has 0 radical (unpaired) electrons. The highest BCUT2D eigenvalue weighted by molar-refractivity contribution is 7.99. The number of ketones is 1. The van der Waals surface area contributed by atoms with Gasteiger partial charge in [-0.05, 0) is 61.6 Å². The molecule has 0 saturated carbocycles. The van der Waals surface area contributed by atoms with Crippen LogP contribution in [0.4, 0.5) is 0 Å². The zero-order chi connectivity index (χ0) is 25.5. The molecule has 1 aliphatic rings. The molecule has 3 aromatic rings. The molecular weight excluding hydrogens is 498 g/mol. The molecule has 0 aliphatic carbocycles. The smallest absolute Gasteiger partial charge is 0.303 e. The Kier molecular flexibility index (Phi) is 9.18. The van der Waals surface area contributed by atoms with Crippen LogP contribution in [0.5, 0.6) is 5.75 Å². The number of aromatic nitrogens is 2. The summed E-state index contributed by atoms with van der Waals surface area (Å²) < 4.78 is 5.32. The van der Waals surface area contributed by atoms with E-state index < -0.39 is 5.97 Å². The van der Waals surface area contributed by atoms with Gasteiger partial charge in [-0.25, -0.2) is 4.98 Å². The topological polar surface area (TPSA) is 92.6 Å². The highest BCUT2D eigenvalue weighted by atomic mass is 35.5. The number of carbonyl (C=O) groups excluding carboxylic acids is 1. The van der Waals surface area contributed by atoms with Crippen molar-refractivity contribution in [1.29, 1.82) is 0 Å². The molecule has 1 aromatic carbocycles. The number of hydrogen-bond acceptors (Lipinski definition) is 7. The van der Waals surface area contributed by atoms with Crippen LogP contribution in [0, 0.1) is 11.8 Å². The molecule has 0 amide bonds. The SMILES string of the molecule is COc1ccc2ncc(Cl)c(C(=O)CC[C@@H]3CCN(CCSc4ccccn4)C[C@@H]3CC(=O)O)c2c1. The molecule has 7 nitrogen and oxygen atoms in total. The second-order valence-electron chi connectivity index (χ2n) is 9.05. The lowest BCUT2D eigenvalue weighted by molar-refractivity contribution is -0.139. The number of piperidine rings is 1. The molecule has 1 fully saturated rings. The molecule has 3 heterocycles. The Hall–Kier alpha value is -2.68. The maximum absolute atomic E-state index is 13.3. The van der Waals surface area contributed by atoms with Gasteiger partial charge in [0.05, 0.1) is 22.7 Å². The number of Topliss-reactive ketones (excluding diaryl/α,β-unsaturated/α-hetero) is 1. The zero-order valence-electron chi connectivity index (χ0n) is 20.2. The standard InChI is InChI=1S/C27H30ClN3O4S/c1-35-20-6-7-23-21(15-20)27(22(28)16-30-23)24(32)8-5-18-9-11-31(17-19(18)14-26(33)34)12-13-36-25-4-2-3-10-29-25/h2-4,6-7,10,15-16,18-19H,5,8-9,11-14,17H2,1H3,(H,33,34)/t18-,19+/m1/s1. The molecule has 1 saturated heterocycles.